The molecule has 0 bridgehead atoms. The van der Waals surface area contributed by atoms with Crippen molar-refractivity contribution in [1.82, 2.24) is 31.6 Å². The van der Waals surface area contributed by atoms with Crippen molar-refractivity contribution in [2.45, 2.75) is 131 Å². The van der Waals surface area contributed by atoms with Crippen molar-refractivity contribution in [1.29, 1.82) is 37.0 Å². The first-order chi connectivity index (χ1) is 41.9. The fourth-order valence-corrected chi connectivity index (χ4v) is 6.61. The van der Waals surface area contributed by atoms with Gasteiger partial charge in [0.1, 0.15) is 58.0 Å². The summed E-state index contributed by atoms with van der Waals surface area (Å²) in [5.74, 6) is 4.10. The number of nitriles is 6. The Morgan fingerprint density at radius 1 is 0.494 bits per heavy atom. The van der Waals surface area contributed by atoms with E-state index in [-0.39, 0.29) is 136 Å². The number of unbranched alkanes of at least 4 members (excludes halogenated alkanes) is 7. The lowest BCUT2D eigenvalue weighted by atomic mass is 10.1. The van der Waals surface area contributed by atoms with Crippen LogP contribution in [0.1, 0.15) is 103 Å². The minimum atomic E-state index is -2.30. The van der Waals surface area contributed by atoms with Crippen molar-refractivity contribution in [3.63, 3.8) is 0 Å². The number of guanidine groups is 3. The second kappa shape index (κ2) is 48.9. The van der Waals surface area contributed by atoms with E-state index in [9.17, 15) is 28.8 Å². The van der Waals surface area contributed by atoms with Crippen molar-refractivity contribution in [3.05, 3.63) is 0 Å². The molecule has 0 spiro atoms. The predicted molar refractivity (Wildman–Crippen MR) is 302 cm³/mol. The molecule has 0 aromatic rings. The molecule has 1 saturated heterocycles. The lowest BCUT2D eigenvalue weighted by Crippen LogP contribution is -2.51. The highest BCUT2D eigenvalue weighted by Gasteiger charge is 2.49. The molecule has 0 aromatic heterocycles. The van der Waals surface area contributed by atoms with E-state index >= 15 is 0 Å². The van der Waals surface area contributed by atoms with Crippen LogP contribution in [0, 0.1) is 73.4 Å². The Labute approximate surface area is 516 Å². The first-order valence-corrected chi connectivity index (χ1v) is 28.1. The zero-order valence-corrected chi connectivity index (χ0v) is 49.7. The van der Waals surface area contributed by atoms with Gasteiger partial charge in [-0.15, -0.1) is 0 Å². The lowest BCUT2D eigenvalue weighted by molar-refractivity contribution is -0.142. The van der Waals surface area contributed by atoms with E-state index < -0.39 is 76.8 Å². The van der Waals surface area contributed by atoms with Crippen LogP contribution in [0.3, 0.4) is 0 Å². The molecule has 0 radical (unpaired) electrons. The van der Waals surface area contributed by atoms with Crippen LogP contribution in [-0.2, 0) is 52.1 Å². The predicted octanol–water partition coefficient (Wildman–Crippen LogP) is 5.26. The molecule has 1 fully saturated rings. The average molecular weight is 1290 g/mol. The molecule has 4 atom stereocenters. The number of amides is 6. The number of rotatable bonds is 36. The van der Waals surface area contributed by atoms with Crippen molar-refractivity contribution >= 4 is 95.1 Å². The second-order valence-corrected chi connectivity index (χ2v) is 19.5. The summed E-state index contributed by atoms with van der Waals surface area (Å²) in [7, 11) is 0. The number of hydrogen-bond acceptors (Lipinski definition) is 28. The number of carbonyl (C=O) groups excluding carboxylic acids is 6. The standard InChI is InChI=1S/C50H70Cl3N17O17/c51-50(52,53)40(60)87-39-38(79-28-9-2-1-5-23-62-41(65-44(71)80-29-11-17-54)66-45(72)81-30-12-18-55)37(78-27-10-4-7-25-64-43(69-48(75)84-33-15-21-58)70(61)49(76)85-34-16-22-59)36(86-39)35-77-26-8-3-6-24-63-42(67-46(73)82-31-13-19-56)68-47(74)83-32-14-20-57/h36-39,60H,1-16,23-35,61H2,(H,64,69,75)(H2,62,65,66,71,72)(H2,63,67,68,73,74). The smallest absolute Gasteiger partial charge is 0.431 e. The monoisotopic (exact) mass is 1290 g/mol. The topological polar surface area (TPSA) is 497 Å². The molecule has 0 aliphatic carbocycles. The fourth-order valence-electron chi connectivity index (χ4n) is 6.48. The van der Waals surface area contributed by atoms with Gasteiger partial charge < -0.3 is 52.1 Å². The first kappa shape index (κ1) is 76.7. The Morgan fingerprint density at radius 2 is 0.851 bits per heavy atom. The maximum absolute atomic E-state index is 12.5. The number of nitrogens with zero attached hydrogens (tertiary/aromatic N) is 10. The van der Waals surface area contributed by atoms with Gasteiger partial charge in [-0.25, -0.2) is 34.6 Å². The molecular formula is C50H70Cl3N17O17. The van der Waals surface area contributed by atoms with Gasteiger partial charge in [0.05, 0.1) is 81.5 Å². The summed E-state index contributed by atoms with van der Waals surface area (Å²) in [5.41, 5.74) is 0. The molecule has 0 saturated carbocycles. The minimum Gasteiger partial charge on any atom is -0.448 e. The fraction of sp³-hybridized carbons (Fsp3) is 0.680. The maximum Gasteiger partial charge on any atom is 0.431 e. The number of aliphatic imine (C=N–C) groups is 3. The van der Waals surface area contributed by atoms with Gasteiger partial charge in [-0.2, -0.15) is 36.6 Å². The highest BCUT2D eigenvalue weighted by molar-refractivity contribution is 6.76. The number of ether oxygens (including phenoxy) is 11. The molecule has 6 amide bonds. The molecule has 87 heavy (non-hydrogen) atoms. The van der Waals surface area contributed by atoms with Crippen molar-refractivity contribution in [2.24, 2.45) is 20.8 Å². The van der Waals surface area contributed by atoms with Gasteiger partial charge >= 0.3 is 36.6 Å². The summed E-state index contributed by atoms with van der Waals surface area (Å²) < 4.78 is 57.8. The molecule has 4 unspecified atom stereocenters. The van der Waals surface area contributed by atoms with Gasteiger partial charge in [-0.05, 0) is 51.4 Å². The van der Waals surface area contributed by atoms with E-state index in [1.165, 1.54) is 0 Å². The number of nitrogens with one attached hydrogen (secondary N) is 6. The van der Waals surface area contributed by atoms with Crippen LogP contribution in [0.15, 0.2) is 15.0 Å². The molecular weight excluding hydrogens is 1220 g/mol. The van der Waals surface area contributed by atoms with Crippen LogP contribution in [-0.4, -0.2) is 179 Å². The third kappa shape index (κ3) is 38.4. The third-order valence-electron chi connectivity index (χ3n) is 10.5. The van der Waals surface area contributed by atoms with Crippen LogP contribution in [0.2, 0.25) is 0 Å². The normalized spacial score (nSPS) is 14.8. The SMILES string of the molecule is N#CCCOC(=O)NC(=NCCCCCCOC1C(OC(=N)C(Cl)(Cl)Cl)OC(COCCCCCN=C(NC(=O)OCCC#N)NC(=O)OCCC#N)C1OCCCCCN=C(NC(=O)OCCC#N)N(N)C(=O)OCCC#N)NC(=O)OCCC#N. The van der Waals surface area contributed by atoms with E-state index in [1.54, 1.807) is 0 Å². The van der Waals surface area contributed by atoms with Crippen LogP contribution in [0.25, 0.3) is 0 Å². The number of halogens is 3. The number of hydrazine groups is 1. The van der Waals surface area contributed by atoms with E-state index in [4.69, 9.17) is 130 Å². The molecule has 0 aromatic carbocycles. The number of alkyl halides is 3. The summed E-state index contributed by atoms with van der Waals surface area (Å²) in [6.45, 7) is -0.777. The van der Waals surface area contributed by atoms with E-state index in [0.29, 0.717) is 69.2 Å². The van der Waals surface area contributed by atoms with E-state index in [0.717, 1.165) is 0 Å². The lowest BCUT2D eigenvalue weighted by Gasteiger charge is -2.26. The van der Waals surface area contributed by atoms with Gasteiger partial charge in [0.15, 0.2) is 0 Å². The Hall–Kier alpha value is -8.29. The van der Waals surface area contributed by atoms with Crippen molar-refractivity contribution in [3.8, 4) is 36.4 Å². The molecule has 1 aliphatic rings. The molecule has 478 valence electrons. The Balaban J connectivity index is 3.24. The minimum absolute atomic E-state index is 0.0226. The highest BCUT2D eigenvalue weighted by Crippen LogP contribution is 2.33. The summed E-state index contributed by atoms with van der Waals surface area (Å²) in [6.07, 6.45) is -5.93. The Kier molecular flexibility index (Phi) is 43.1. The molecule has 1 heterocycles. The zero-order valence-electron chi connectivity index (χ0n) is 47.4. The number of alkyl carbamates (subject to hydrolysis) is 5. The quantitative estimate of drug-likeness (QED) is 0.00615. The molecule has 34 nitrogen and oxygen atoms in total. The number of hydrogen-bond donors (Lipinski definition) is 7. The molecule has 8 N–H and O–H groups in total. The van der Waals surface area contributed by atoms with E-state index in [1.807, 2.05) is 36.4 Å². The van der Waals surface area contributed by atoms with Gasteiger partial charge in [0, 0.05) is 39.5 Å². The maximum atomic E-state index is 12.5. The molecule has 37 heteroatoms. The number of nitrogens with two attached hydrogens (primary N) is 1. The summed E-state index contributed by atoms with van der Waals surface area (Å²) >= 11 is 18.0. The van der Waals surface area contributed by atoms with Crippen LogP contribution < -0.4 is 32.4 Å². The Bertz CT molecular complexity index is 2430. The Morgan fingerprint density at radius 3 is 1.26 bits per heavy atom. The molecule has 1 rings (SSSR count). The molecule has 1 aliphatic heterocycles. The summed E-state index contributed by atoms with van der Waals surface area (Å²) in [4.78, 5) is 86.3. The van der Waals surface area contributed by atoms with Gasteiger partial charge in [0.25, 0.3) is 3.79 Å². The van der Waals surface area contributed by atoms with Gasteiger partial charge in [0.2, 0.25) is 30.1 Å². The van der Waals surface area contributed by atoms with E-state index in [2.05, 4.69) is 41.6 Å². The summed E-state index contributed by atoms with van der Waals surface area (Å²) in [6, 6.07) is 10.9. The third-order valence-corrected chi connectivity index (χ3v) is 11.0. The number of carbonyl (C=O) groups is 6. The second-order valence-electron chi connectivity index (χ2n) is 17.2. The van der Waals surface area contributed by atoms with Crippen molar-refractivity contribution in [2.75, 3.05) is 85.7 Å². The van der Waals surface area contributed by atoms with Crippen LogP contribution >= 0.6 is 34.8 Å². The zero-order chi connectivity index (χ0) is 64.3. The van der Waals surface area contributed by atoms with Crippen LogP contribution in [0.4, 0.5) is 28.8 Å². The highest BCUT2D eigenvalue weighted by atomic mass is 35.6. The first-order valence-electron chi connectivity index (χ1n) is 27.0. The average Bonchev–Trinajstić information content (AvgIpc) is 1.91. The van der Waals surface area contributed by atoms with Gasteiger partial charge in [-0.1, -0.05) is 47.6 Å². The summed E-state index contributed by atoms with van der Waals surface area (Å²) in [5, 5.41) is 72.6. The van der Waals surface area contributed by atoms with Gasteiger partial charge in [-0.3, -0.25) is 47.0 Å². The van der Waals surface area contributed by atoms with Crippen molar-refractivity contribution < 1.29 is 80.9 Å². The van der Waals surface area contributed by atoms with Crippen LogP contribution in [0.5, 0.6) is 0 Å². The largest absolute Gasteiger partial charge is 0.448 e.